The number of hydrogen-bond acceptors (Lipinski definition) is 3. The lowest BCUT2D eigenvalue weighted by Gasteiger charge is -2.43. The maximum atomic E-state index is 10.6. The standard InChI is InChI=1S/C12H23NO.C3H6O2.ClH/c1-13-9-7-12(14,8-10-13)11-5-3-2-4-6-11;1-2-3(4)5;/h11,14H,2-10H2,1H3;2H2,1H3,(H,4,5);1H. The third kappa shape index (κ3) is 6.42. The summed E-state index contributed by atoms with van der Waals surface area (Å²) in [4.78, 5) is 11.7. The molecule has 1 saturated carbocycles. The van der Waals surface area contributed by atoms with E-state index in [0.717, 1.165) is 25.9 Å². The number of halogens is 1. The van der Waals surface area contributed by atoms with Crippen LogP contribution in [0, 0.1) is 5.92 Å². The van der Waals surface area contributed by atoms with Gasteiger partial charge in [-0.2, -0.15) is 0 Å². The maximum Gasteiger partial charge on any atom is 0.303 e. The number of piperidine rings is 1. The van der Waals surface area contributed by atoms with Crippen molar-refractivity contribution in [1.82, 2.24) is 4.90 Å². The van der Waals surface area contributed by atoms with Gasteiger partial charge in [0.05, 0.1) is 5.60 Å². The van der Waals surface area contributed by atoms with Crippen LogP contribution in [-0.2, 0) is 4.79 Å². The fraction of sp³-hybridized carbons (Fsp3) is 0.933. The van der Waals surface area contributed by atoms with Crippen LogP contribution in [0.5, 0.6) is 0 Å². The predicted octanol–water partition coefficient (Wildman–Crippen LogP) is 2.93. The molecule has 0 unspecified atom stereocenters. The Labute approximate surface area is 129 Å². The Hall–Kier alpha value is -0.320. The van der Waals surface area contributed by atoms with Gasteiger partial charge in [-0.1, -0.05) is 26.2 Å². The van der Waals surface area contributed by atoms with Crippen molar-refractivity contribution >= 4 is 18.4 Å². The Morgan fingerprint density at radius 1 is 1.20 bits per heavy atom. The molecule has 0 amide bonds. The minimum Gasteiger partial charge on any atom is -0.481 e. The summed E-state index contributed by atoms with van der Waals surface area (Å²) in [5.74, 6) is -0.144. The number of carbonyl (C=O) groups is 1. The van der Waals surface area contributed by atoms with Gasteiger partial charge in [-0.05, 0) is 38.6 Å². The van der Waals surface area contributed by atoms with Gasteiger partial charge < -0.3 is 15.1 Å². The van der Waals surface area contributed by atoms with Crippen LogP contribution >= 0.6 is 12.4 Å². The second-order valence-electron chi connectivity index (χ2n) is 5.99. The van der Waals surface area contributed by atoms with Crippen LogP contribution in [0.1, 0.15) is 58.3 Å². The highest BCUT2D eigenvalue weighted by atomic mass is 35.5. The molecule has 0 radical (unpaired) electrons. The predicted molar refractivity (Wildman–Crippen MR) is 83.4 cm³/mol. The number of aliphatic hydroxyl groups is 1. The van der Waals surface area contributed by atoms with E-state index in [4.69, 9.17) is 5.11 Å². The van der Waals surface area contributed by atoms with E-state index < -0.39 is 5.97 Å². The number of hydrogen-bond donors (Lipinski definition) is 2. The van der Waals surface area contributed by atoms with Crippen molar-refractivity contribution in [3.8, 4) is 0 Å². The average Bonchev–Trinajstić information content (AvgIpc) is 2.44. The molecule has 2 rings (SSSR count). The number of nitrogens with zero attached hydrogens (tertiary/aromatic N) is 1. The first-order chi connectivity index (χ1) is 8.98. The van der Waals surface area contributed by atoms with Gasteiger partial charge in [0, 0.05) is 19.5 Å². The minimum atomic E-state index is -0.745. The zero-order valence-corrected chi connectivity index (χ0v) is 13.6. The molecule has 120 valence electrons. The summed E-state index contributed by atoms with van der Waals surface area (Å²) in [5, 5.41) is 18.3. The van der Waals surface area contributed by atoms with Gasteiger partial charge in [-0.3, -0.25) is 4.79 Å². The molecule has 2 N–H and O–H groups in total. The number of aliphatic carboxylic acids is 1. The van der Waals surface area contributed by atoms with Gasteiger partial charge in [0.25, 0.3) is 0 Å². The van der Waals surface area contributed by atoms with Crippen molar-refractivity contribution in [1.29, 1.82) is 0 Å². The number of carboxylic acid groups (broad SMARTS) is 1. The quantitative estimate of drug-likeness (QED) is 0.823. The first-order valence-corrected chi connectivity index (χ1v) is 7.60. The second-order valence-corrected chi connectivity index (χ2v) is 5.99. The van der Waals surface area contributed by atoms with Crippen LogP contribution in [0.15, 0.2) is 0 Å². The van der Waals surface area contributed by atoms with Crippen molar-refractivity contribution in [2.75, 3.05) is 20.1 Å². The Morgan fingerprint density at radius 3 is 2.05 bits per heavy atom. The fourth-order valence-electron chi connectivity index (χ4n) is 3.05. The minimum absolute atomic E-state index is 0. The molecule has 20 heavy (non-hydrogen) atoms. The molecule has 1 saturated heterocycles. The summed E-state index contributed by atoms with van der Waals surface area (Å²) >= 11 is 0. The van der Waals surface area contributed by atoms with E-state index in [1.165, 1.54) is 32.1 Å². The Kier molecular flexibility index (Phi) is 9.43. The van der Waals surface area contributed by atoms with Crippen LogP contribution in [0.4, 0.5) is 0 Å². The Balaban J connectivity index is 0.000000526. The Morgan fingerprint density at radius 2 is 1.65 bits per heavy atom. The highest BCUT2D eigenvalue weighted by molar-refractivity contribution is 5.85. The molecule has 0 spiro atoms. The molecule has 4 nitrogen and oxygen atoms in total. The summed E-state index contributed by atoms with van der Waals surface area (Å²) in [5.41, 5.74) is -0.313. The lowest BCUT2D eigenvalue weighted by atomic mass is 9.72. The first kappa shape index (κ1) is 19.7. The normalized spacial score (nSPS) is 23.1. The van der Waals surface area contributed by atoms with E-state index >= 15 is 0 Å². The molecular formula is C15H30ClNO3. The lowest BCUT2D eigenvalue weighted by molar-refractivity contribution is -0.136. The van der Waals surface area contributed by atoms with E-state index in [2.05, 4.69) is 11.9 Å². The molecule has 0 bridgehead atoms. The van der Waals surface area contributed by atoms with Crippen LogP contribution < -0.4 is 0 Å². The largest absolute Gasteiger partial charge is 0.481 e. The lowest BCUT2D eigenvalue weighted by Crippen LogP contribution is -2.48. The molecule has 1 aliphatic carbocycles. The van der Waals surface area contributed by atoms with E-state index in [0.29, 0.717) is 5.92 Å². The molecule has 1 aliphatic heterocycles. The topological polar surface area (TPSA) is 60.8 Å². The smallest absolute Gasteiger partial charge is 0.303 e. The van der Waals surface area contributed by atoms with Crippen molar-refractivity contribution < 1.29 is 15.0 Å². The fourth-order valence-corrected chi connectivity index (χ4v) is 3.05. The number of rotatable bonds is 2. The van der Waals surface area contributed by atoms with Crippen LogP contribution in [0.25, 0.3) is 0 Å². The summed E-state index contributed by atoms with van der Waals surface area (Å²) in [6.07, 6.45) is 8.79. The van der Waals surface area contributed by atoms with Crippen molar-refractivity contribution in [2.45, 2.75) is 63.9 Å². The van der Waals surface area contributed by atoms with Crippen molar-refractivity contribution in [3.63, 3.8) is 0 Å². The first-order valence-electron chi connectivity index (χ1n) is 7.60. The summed E-state index contributed by atoms with van der Waals surface area (Å²) < 4.78 is 0. The monoisotopic (exact) mass is 307 g/mol. The van der Waals surface area contributed by atoms with Crippen LogP contribution in [0.3, 0.4) is 0 Å². The van der Waals surface area contributed by atoms with E-state index in [1.54, 1.807) is 6.92 Å². The molecule has 2 aliphatic rings. The molecule has 0 aromatic rings. The summed E-state index contributed by atoms with van der Waals surface area (Å²) in [6, 6.07) is 0. The number of likely N-dealkylation sites (tertiary alicyclic amines) is 1. The molecule has 0 aromatic heterocycles. The second kappa shape index (κ2) is 9.59. The summed E-state index contributed by atoms with van der Waals surface area (Å²) in [6.45, 7) is 3.75. The molecule has 5 heteroatoms. The third-order valence-corrected chi connectivity index (χ3v) is 4.52. The van der Waals surface area contributed by atoms with Gasteiger partial charge in [0.1, 0.15) is 0 Å². The zero-order chi connectivity index (χ0) is 14.3. The van der Waals surface area contributed by atoms with Crippen molar-refractivity contribution in [2.24, 2.45) is 5.92 Å². The van der Waals surface area contributed by atoms with Gasteiger partial charge in [0.15, 0.2) is 0 Å². The average molecular weight is 308 g/mol. The van der Waals surface area contributed by atoms with Crippen molar-refractivity contribution in [3.05, 3.63) is 0 Å². The molecule has 0 aromatic carbocycles. The zero-order valence-electron chi connectivity index (χ0n) is 12.8. The third-order valence-electron chi connectivity index (χ3n) is 4.52. The van der Waals surface area contributed by atoms with E-state index in [1.807, 2.05) is 0 Å². The SMILES string of the molecule is CCC(=O)O.CN1CCC(O)(C2CCCCC2)CC1.Cl. The van der Waals surface area contributed by atoms with E-state index in [9.17, 15) is 9.90 Å². The molecule has 2 fully saturated rings. The highest BCUT2D eigenvalue weighted by Gasteiger charge is 2.38. The highest BCUT2D eigenvalue weighted by Crippen LogP contribution is 2.38. The molecule has 0 atom stereocenters. The van der Waals surface area contributed by atoms with Crippen LogP contribution in [0.2, 0.25) is 0 Å². The van der Waals surface area contributed by atoms with E-state index in [-0.39, 0.29) is 24.4 Å². The maximum absolute atomic E-state index is 10.6. The van der Waals surface area contributed by atoms with Gasteiger partial charge in [0.2, 0.25) is 0 Å². The number of carboxylic acids is 1. The van der Waals surface area contributed by atoms with Gasteiger partial charge >= 0.3 is 5.97 Å². The summed E-state index contributed by atoms with van der Waals surface area (Å²) in [7, 11) is 2.15. The van der Waals surface area contributed by atoms with Gasteiger partial charge in [-0.15, -0.1) is 12.4 Å². The Bertz CT molecular complexity index is 272. The van der Waals surface area contributed by atoms with Crippen LogP contribution in [-0.4, -0.2) is 46.8 Å². The molecular weight excluding hydrogens is 278 g/mol. The molecule has 1 heterocycles. The van der Waals surface area contributed by atoms with Gasteiger partial charge in [-0.25, -0.2) is 0 Å².